The summed E-state index contributed by atoms with van der Waals surface area (Å²) < 4.78 is 4.76. The van der Waals surface area contributed by atoms with Gasteiger partial charge >= 0.3 is 0 Å². The van der Waals surface area contributed by atoms with Gasteiger partial charge in [-0.2, -0.15) is 0 Å². The summed E-state index contributed by atoms with van der Waals surface area (Å²) >= 11 is 0. The fourth-order valence-corrected chi connectivity index (χ4v) is 7.15. The number of hydrogen-bond acceptors (Lipinski definition) is 2. The van der Waals surface area contributed by atoms with Crippen molar-refractivity contribution in [3.05, 3.63) is 133 Å². The number of aromatic nitrogens is 4. The molecule has 41 heavy (non-hydrogen) atoms. The van der Waals surface area contributed by atoms with Crippen LogP contribution in [0.3, 0.4) is 0 Å². The Labute approximate surface area is 237 Å². The quantitative estimate of drug-likeness (QED) is 0.225. The van der Waals surface area contributed by atoms with Gasteiger partial charge in [0.1, 0.15) is 0 Å². The third-order valence-electron chi connectivity index (χ3n) is 9.08. The Morgan fingerprint density at radius 3 is 1.37 bits per heavy atom. The van der Waals surface area contributed by atoms with Gasteiger partial charge in [0.25, 0.3) is 0 Å². The van der Waals surface area contributed by atoms with Crippen molar-refractivity contribution in [1.82, 2.24) is 19.1 Å². The van der Waals surface area contributed by atoms with Gasteiger partial charge in [0.15, 0.2) is 0 Å². The first kappa shape index (κ1) is 22.6. The molecular weight excluding hydrogens is 500 g/mol. The standard InChI is InChI=1S/C37H26N4/c1-37(2)31-19-35-27(29-21-38-15-13-33(29)40(35)23-9-5-3-6-10-23)17-25(31)26-18-28-30-22-39-16-14-34(30)41(36(28)20-32(26)37)24-11-7-4-8-12-24/h3-22H,1-2H3. The molecule has 0 saturated carbocycles. The molecular formula is C37H26N4. The van der Waals surface area contributed by atoms with E-state index < -0.39 is 0 Å². The summed E-state index contributed by atoms with van der Waals surface area (Å²) in [6.07, 6.45) is 7.79. The number of para-hydroxylation sites is 2. The Balaban J connectivity index is 1.39. The van der Waals surface area contributed by atoms with Crippen LogP contribution in [0.2, 0.25) is 0 Å². The first-order valence-corrected chi connectivity index (χ1v) is 14.1. The molecule has 0 fully saturated rings. The SMILES string of the molecule is CC1(C)c2cc3c(cc2-c2cc4c5cnccc5n(-c5ccccc5)c4cc21)c1cnccc1n3-c1ccccc1. The zero-order valence-corrected chi connectivity index (χ0v) is 22.8. The van der Waals surface area contributed by atoms with Gasteiger partial charge < -0.3 is 9.13 Å². The van der Waals surface area contributed by atoms with E-state index in [-0.39, 0.29) is 5.41 Å². The highest BCUT2D eigenvalue weighted by Crippen LogP contribution is 2.53. The van der Waals surface area contributed by atoms with Crippen molar-refractivity contribution in [2.45, 2.75) is 19.3 Å². The van der Waals surface area contributed by atoms with Crippen LogP contribution < -0.4 is 0 Å². The Bertz CT molecular complexity index is 2160. The van der Waals surface area contributed by atoms with E-state index in [9.17, 15) is 0 Å². The zero-order valence-electron chi connectivity index (χ0n) is 22.8. The van der Waals surface area contributed by atoms with Crippen molar-refractivity contribution in [2.75, 3.05) is 0 Å². The Hall–Kier alpha value is -5.22. The van der Waals surface area contributed by atoms with Gasteiger partial charge in [0.05, 0.1) is 22.1 Å². The van der Waals surface area contributed by atoms with E-state index in [0.717, 1.165) is 11.4 Å². The minimum absolute atomic E-state index is 0.167. The lowest BCUT2D eigenvalue weighted by molar-refractivity contribution is 0.661. The van der Waals surface area contributed by atoms with Gasteiger partial charge in [-0.25, -0.2) is 0 Å². The molecule has 0 N–H and O–H groups in total. The van der Waals surface area contributed by atoms with Crippen LogP contribution in [-0.4, -0.2) is 19.1 Å². The molecule has 0 unspecified atom stereocenters. The van der Waals surface area contributed by atoms with Gasteiger partial charge in [-0.05, 0) is 82.9 Å². The van der Waals surface area contributed by atoms with E-state index in [1.54, 1.807) is 0 Å². The van der Waals surface area contributed by atoms with Crippen LogP contribution in [0.1, 0.15) is 25.0 Å². The van der Waals surface area contributed by atoms with E-state index in [1.807, 2.05) is 24.8 Å². The van der Waals surface area contributed by atoms with E-state index in [2.05, 4.69) is 130 Å². The van der Waals surface area contributed by atoms with E-state index in [4.69, 9.17) is 0 Å². The van der Waals surface area contributed by atoms with E-state index >= 15 is 0 Å². The van der Waals surface area contributed by atoms with E-state index in [0.29, 0.717) is 0 Å². The molecule has 4 heteroatoms. The summed E-state index contributed by atoms with van der Waals surface area (Å²) in [5, 5.41) is 4.80. The zero-order chi connectivity index (χ0) is 27.3. The van der Waals surface area contributed by atoms with Crippen molar-refractivity contribution in [2.24, 2.45) is 0 Å². The Morgan fingerprint density at radius 2 is 0.927 bits per heavy atom. The molecule has 0 amide bonds. The molecule has 4 heterocycles. The lowest BCUT2D eigenvalue weighted by Gasteiger charge is -2.22. The van der Waals surface area contributed by atoms with Crippen LogP contribution in [0.15, 0.2) is 122 Å². The van der Waals surface area contributed by atoms with Crippen molar-refractivity contribution in [3.8, 4) is 22.5 Å². The molecule has 1 aliphatic carbocycles. The van der Waals surface area contributed by atoms with Crippen LogP contribution in [-0.2, 0) is 5.41 Å². The third kappa shape index (κ3) is 2.94. The van der Waals surface area contributed by atoms with Crippen molar-refractivity contribution in [3.63, 3.8) is 0 Å². The number of pyridine rings is 2. The normalized spacial score (nSPS) is 13.8. The topological polar surface area (TPSA) is 35.6 Å². The highest BCUT2D eigenvalue weighted by Gasteiger charge is 2.37. The monoisotopic (exact) mass is 526 g/mol. The van der Waals surface area contributed by atoms with Gasteiger partial charge in [-0.15, -0.1) is 0 Å². The lowest BCUT2D eigenvalue weighted by Crippen LogP contribution is -2.15. The summed E-state index contributed by atoms with van der Waals surface area (Å²) in [6, 6.07) is 35.2. The molecule has 0 atom stereocenters. The summed E-state index contributed by atoms with van der Waals surface area (Å²) in [6.45, 7) is 4.73. The molecule has 9 rings (SSSR count). The van der Waals surface area contributed by atoms with Gasteiger partial charge in [0, 0.05) is 63.1 Å². The molecule has 4 nitrogen and oxygen atoms in total. The van der Waals surface area contributed by atoms with Crippen molar-refractivity contribution >= 4 is 43.6 Å². The molecule has 0 aliphatic heterocycles. The predicted molar refractivity (Wildman–Crippen MR) is 168 cm³/mol. The lowest BCUT2D eigenvalue weighted by atomic mass is 9.82. The largest absolute Gasteiger partial charge is 0.309 e. The number of hydrogen-bond donors (Lipinski definition) is 0. The highest BCUT2D eigenvalue weighted by molar-refractivity contribution is 6.14. The van der Waals surface area contributed by atoms with Crippen LogP contribution in [0, 0.1) is 0 Å². The molecule has 0 bridgehead atoms. The molecule has 8 aromatic rings. The smallest absolute Gasteiger partial charge is 0.0571 e. The second kappa shape index (κ2) is 7.92. The van der Waals surface area contributed by atoms with Gasteiger partial charge in [-0.1, -0.05) is 50.2 Å². The average molecular weight is 527 g/mol. The first-order chi connectivity index (χ1) is 20.1. The average Bonchev–Trinajstić information content (AvgIpc) is 3.59. The van der Waals surface area contributed by atoms with Crippen LogP contribution in [0.5, 0.6) is 0 Å². The number of nitrogens with zero attached hydrogens (tertiary/aromatic N) is 4. The summed E-state index contributed by atoms with van der Waals surface area (Å²) in [4.78, 5) is 9.04. The molecule has 0 radical (unpaired) electrons. The molecule has 4 aromatic heterocycles. The number of fused-ring (bicyclic) bond motifs is 9. The van der Waals surface area contributed by atoms with Crippen molar-refractivity contribution < 1.29 is 0 Å². The van der Waals surface area contributed by atoms with Gasteiger partial charge in [0.2, 0.25) is 0 Å². The van der Waals surface area contributed by atoms with Crippen LogP contribution in [0.25, 0.3) is 66.1 Å². The second-order valence-corrected chi connectivity index (χ2v) is 11.6. The maximum Gasteiger partial charge on any atom is 0.0571 e. The van der Waals surface area contributed by atoms with Crippen molar-refractivity contribution in [1.29, 1.82) is 0 Å². The first-order valence-electron chi connectivity index (χ1n) is 14.1. The van der Waals surface area contributed by atoms with E-state index in [1.165, 1.54) is 65.9 Å². The molecule has 194 valence electrons. The fourth-order valence-electron chi connectivity index (χ4n) is 7.15. The second-order valence-electron chi connectivity index (χ2n) is 11.6. The third-order valence-corrected chi connectivity index (χ3v) is 9.08. The summed E-state index contributed by atoms with van der Waals surface area (Å²) in [5.74, 6) is 0. The molecule has 0 saturated heterocycles. The summed E-state index contributed by atoms with van der Waals surface area (Å²) in [7, 11) is 0. The Kier molecular flexibility index (Phi) is 4.36. The predicted octanol–water partition coefficient (Wildman–Crippen LogP) is 8.98. The number of benzene rings is 4. The summed E-state index contributed by atoms with van der Waals surface area (Å²) in [5.41, 5.74) is 12.3. The van der Waals surface area contributed by atoms with Crippen LogP contribution in [0.4, 0.5) is 0 Å². The maximum atomic E-state index is 4.52. The maximum absolute atomic E-state index is 4.52. The molecule has 1 aliphatic rings. The Morgan fingerprint density at radius 1 is 0.488 bits per heavy atom. The van der Waals surface area contributed by atoms with Gasteiger partial charge in [-0.3, -0.25) is 9.97 Å². The minimum Gasteiger partial charge on any atom is -0.309 e. The molecule has 0 spiro atoms. The minimum atomic E-state index is -0.167. The van der Waals surface area contributed by atoms with Crippen LogP contribution >= 0.6 is 0 Å². The fraction of sp³-hybridized carbons (Fsp3) is 0.0811. The number of rotatable bonds is 2. The highest BCUT2D eigenvalue weighted by atomic mass is 15.0. The molecule has 4 aromatic carbocycles.